The number of anilines is 1. The maximum Gasteiger partial charge on any atom is 0.255 e. The van der Waals surface area contributed by atoms with E-state index in [-0.39, 0.29) is 36.2 Å². The predicted octanol–water partition coefficient (Wildman–Crippen LogP) is 3.72. The molecule has 0 spiro atoms. The SMILES string of the molecule is CC[C@H]1CN(C(C)c2ccc(OC(C)C)cn2)[C@H](CC)CN1c1cc(=O)n(C)c2cc(CC#N)nn12. The molecule has 1 fully saturated rings. The first-order valence-electron chi connectivity index (χ1n) is 12.9. The molecular formula is C27H37N7O2. The predicted molar refractivity (Wildman–Crippen MR) is 140 cm³/mol. The molecule has 3 aromatic rings. The quantitative estimate of drug-likeness (QED) is 0.474. The zero-order valence-corrected chi connectivity index (χ0v) is 22.2. The number of pyridine rings is 1. The van der Waals surface area contributed by atoms with Crippen molar-refractivity contribution in [1.29, 1.82) is 5.26 Å². The van der Waals surface area contributed by atoms with Gasteiger partial charge in [-0.2, -0.15) is 10.4 Å². The highest BCUT2D eigenvalue weighted by Gasteiger charge is 2.36. The second-order valence-corrected chi connectivity index (χ2v) is 9.88. The van der Waals surface area contributed by atoms with E-state index in [2.05, 4.69) is 47.8 Å². The smallest absolute Gasteiger partial charge is 0.255 e. The number of hydrogen-bond acceptors (Lipinski definition) is 7. The molecule has 0 aromatic carbocycles. The number of aromatic nitrogens is 4. The van der Waals surface area contributed by atoms with Crippen LogP contribution in [-0.4, -0.2) is 55.3 Å². The number of hydrogen-bond donors (Lipinski definition) is 0. The molecule has 0 saturated carbocycles. The van der Waals surface area contributed by atoms with Crippen LogP contribution in [0.25, 0.3) is 5.65 Å². The van der Waals surface area contributed by atoms with Crippen molar-refractivity contribution in [2.45, 2.75) is 78.1 Å². The molecule has 9 nitrogen and oxygen atoms in total. The lowest BCUT2D eigenvalue weighted by Gasteiger charge is -2.49. The summed E-state index contributed by atoms with van der Waals surface area (Å²) in [7, 11) is 1.75. The summed E-state index contributed by atoms with van der Waals surface area (Å²) in [5.74, 6) is 1.58. The fourth-order valence-corrected chi connectivity index (χ4v) is 5.17. The van der Waals surface area contributed by atoms with Gasteiger partial charge in [-0.05, 0) is 45.7 Å². The Balaban J connectivity index is 1.65. The number of nitrogens with zero attached hydrogens (tertiary/aromatic N) is 7. The molecule has 1 aliphatic heterocycles. The molecule has 4 heterocycles. The van der Waals surface area contributed by atoms with Crippen molar-refractivity contribution in [2.24, 2.45) is 7.05 Å². The second kappa shape index (κ2) is 10.7. The topological polar surface area (TPSA) is 91.7 Å². The van der Waals surface area contributed by atoms with E-state index in [1.165, 1.54) is 0 Å². The number of ether oxygens (including phenoxy) is 1. The van der Waals surface area contributed by atoms with Gasteiger partial charge >= 0.3 is 0 Å². The Bertz CT molecular complexity index is 1290. The largest absolute Gasteiger partial charge is 0.489 e. The summed E-state index contributed by atoms with van der Waals surface area (Å²) in [6, 6.07) is 10.4. The van der Waals surface area contributed by atoms with Gasteiger partial charge in [0, 0.05) is 50.4 Å². The van der Waals surface area contributed by atoms with Gasteiger partial charge < -0.3 is 9.64 Å². The summed E-state index contributed by atoms with van der Waals surface area (Å²) in [5.41, 5.74) is 2.32. The van der Waals surface area contributed by atoms with Crippen LogP contribution in [0.2, 0.25) is 0 Å². The third kappa shape index (κ3) is 4.96. The molecule has 4 rings (SSSR count). The van der Waals surface area contributed by atoms with Gasteiger partial charge in [0.1, 0.15) is 17.2 Å². The molecule has 0 radical (unpaired) electrons. The van der Waals surface area contributed by atoms with Crippen LogP contribution in [0.4, 0.5) is 5.82 Å². The molecular weight excluding hydrogens is 454 g/mol. The van der Waals surface area contributed by atoms with Crippen molar-refractivity contribution >= 4 is 11.5 Å². The molecule has 9 heteroatoms. The number of fused-ring (bicyclic) bond motifs is 1. The Kier molecular flexibility index (Phi) is 7.65. The zero-order chi connectivity index (χ0) is 26.0. The van der Waals surface area contributed by atoms with E-state index in [1.807, 2.05) is 36.7 Å². The molecule has 0 amide bonds. The highest BCUT2D eigenvalue weighted by molar-refractivity contribution is 5.52. The second-order valence-electron chi connectivity index (χ2n) is 9.88. The van der Waals surface area contributed by atoms with E-state index >= 15 is 0 Å². The Morgan fingerprint density at radius 3 is 2.50 bits per heavy atom. The van der Waals surface area contributed by atoms with Crippen molar-refractivity contribution in [1.82, 2.24) is 24.1 Å². The summed E-state index contributed by atoms with van der Waals surface area (Å²) in [5, 5.41) is 13.9. The summed E-state index contributed by atoms with van der Waals surface area (Å²) in [6.45, 7) is 12.3. The molecule has 0 N–H and O–H groups in total. The molecule has 0 bridgehead atoms. The molecule has 1 saturated heterocycles. The van der Waals surface area contributed by atoms with Gasteiger partial charge in [-0.1, -0.05) is 13.8 Å². The van der Waals surface area contributed by atoms with Crippen LogP contribution in [0.3, 0.4) is 0 Å². The fourth-order valence-electron chi connectivity index (χ4n) is 5.17. The first-order chi connectivity index (χ1) is 17.3. The van der Waals surface area contributed by atoms with Crippen molar-refractivity contribution in [3.05, 3.63) is 52.2 Å². The third-order valence-electron chi connectivity index (χ3n) is 7.18. The highest BCUT2D eigenvalue weighted by Crippen LogP contribution is 2.32. The summed E-state index contributed by atoms with van der Waals surface area (Å²) < 4.78 is 9.19. The monoisotopic (exact) mass is 491 g/mol. The van der Waals surface area contributed by atoms with E-state index in [4.69, 9.17) is 15.0 Å². The van der Waals surface area contributed by atoms with E-state index in [9.17, 15) is 4.79 Å². The van der Waals surface area contributed by atoms with Crippen molar-refractivity contribution in [2.75, 3.05) is 18.0 Å². The maximum atomic E-state index is 12.9. The first-order valence-corrected chi connectivity index (χ1v) is 12.9. The summed E-state index contributed by atoms with van der Waals surface area (Å²) in [4.78, 5) is 22.5. The van der Waals surface area contributed by atoms with Crippen molar-refractivity contribution < 1.29 is 4.74 Å². The van der Waals surface area contributed by atoms with Crippen LogP contribution in [-0.2, 0) is 13.5 Å². The van der Waals surface area contributed by atoms with E-state index in [0.29, 0.717) is 11.3 Å². The molecule has 3 aromatic heterocycles. The van der Waals surface area contributed by atoms with Crippen LogP contribution in [0.1, 0.15) is 64.9 Å². The van der Waals surface area contributed by atoms with Gasteiger partial charge in [-0.3, -0.25) is 19.2 Å². The fraction of sp³-hybridized carbons (Fsp3) is 0.556. The van der Waals surface area contributed by atoms with Gasteiger partial charge in [0.25, 0.3) is 5.56 Å². The highest BCUT2D eigenvalue weighted by atomic mass is 16.5. The third-order valence-corrected chi connectivity index (χ3v) is 7.18. The number of aryl methyl sites for hydroxylation is 1. The molecule has 36 heavy (non-hydrogen) atoms. The minimum atomic E-state index is -0.0764. The van der Waals surface area contributed by atoms with Gasteiger partial charge in [0.05, 0.1) is 36.2 Å². The Hall–Kier alpha value is -3.38. The molecule has 0 aliphatic carbocycles. The van der Waals surface area contributed by atoms with Gasteiger partial charge in [-0.15, -0.1) is 0 Å². The Morgan fingerprint density at radius 1 is 1.14 bits per heavy atom. The lowest BCUT2D eigenvalue weighted by Crippen LogP contribution is -2.59. The van der Waals surface area contributed by atoms with Gasteiger partial charge in [0.15, 0.2) is 0 Å². The van der Waals surface area contributed by atoms with Crippen LogP contribution < -0.4 is 15.2 Å². The number of rotatable bonds is 8. The average Bonchev–Trinajstić information content (AvgIpc) is 3.29. The Labute approximate surface area is 212 Å². The van der Waals surface area contributed by atoms with Crippen molar-refractivity contribution in [3.8, 4) is 11.8 Å². The van der Waals surface area contributed by atoms with Gasteiger partial charge in [0.2, 0.25) is 0 Å². The van der Waals surface area contributed by atoms with Gasteiger partial charge in [-0.25, -0.2) is 4.52 Å². The minimum absolute atomic E-state index is 0.0764. The minimum Gasteiger partial charge on any atom is -0.489 e. The lowest BCUT2D eigenvalue weighted by atomic mass is 9.99. The molecule has 192 valence electrons. The number of nitriles is 1. The zero-order valence-electron chi connectivity index (χ0n) is 22.2. The van der Waals surface area contributed by atoms with E-state index in [0.717, 1.165) is 43.2 Å². The average molecular weight is 492 g/mol. The number of piperazine rings is 1. The van der Waals surface area contributed by atoms with Crippen molar-refractivity contribution in [3.63, 3.8) is 0 Å². The normalized spacial score (nSPS) is 19.6. The Morgan fingerprint density at radius 2 is 1.89 bits per heavy atom. The van der Waals surface area contributed by atoms with E-state index < -0.39 is 0 Å². The van der Waals surface area contributed by atoms with Crippen LogP contribution >= 0.6 is 0 Å². The maximum absolute atomic E-state index is 12.9. The summed E-state index contributed by atoms with van der Waals surface area (Å²) in [6.07, 6.45) is 4.04. The van der Waals surface area contributed by atoms with Crippen LogP contribution in [0.5, 0.6) is 5.75 Å². The molecule has 1 unspecified atom stereocenters. The first kappa shape index (κ1) is 25.7. The van der Waals surface area contributed by atoms with Crippen LogP contribution in [0, 0.1) is 11.3 Å². The lowest BCUT2D eigenvalue weighted by molar-refractivity contribution is 0.0983. The van der Waals surface area contributed by atoms with E-state index in [1.54, 1.807) is 17.7 Å². The standard InChI is InChI=1S/C27H37N7O2/c1-7-21-17-33(26-14-27(35)31(6)25-13-20(11-12-28)30-34(25)26)22(8-2)16-32(21)19(5)24-10-9-23(15-29-24)36-18(3)4/h9-10,13-15,18-19,21-22H,7-8,11,16-17H2,1-6H3/t19?,21-,22+/m1/s1. The van der Waals surface area contributed by atoms with Crippen LogP contribution in [0.15, 0.2) is 35.3 Å². The molecule has 1 aliphatic rings. The molecule has 3 atom stereocenters. The summed E-state index contributed by atoms with van der Waals surface area (Å²) >= 11 is 0.